The van der Waals surface area contributed by atoms with Crippen LogP contribution in [0.4, 0.5) is 18.9 Å². The third kappa shape index (κ3) is 4.49. The highest BCUT2D eigenvalue weighted by atomic mass is 19.4. The van der Waals surface area contributed by atoms with Crippen LogP contribution in [0.25, 0.3) is 0 Å². The Hall–Kier alpha value is -3.11. The van der Waals surface area contributed by atoms with E-state index in [1.165, 1.54) is 44.6 Å². The van der Waals surface area contributed by atoms with Crippen molar-refractivity contribution in [2.75, 3.05) is 11.9 Å². The zero-order chi connectivity index (χ0) is 19.5. The van der Waals surface area contributed by atoms with E-state index in [2.05, 4.69) is 20.1 Å². The topological polar surface area (TPSA) is 106 Å². The number of amides is 1. The van der Waals surface area contributed by atoms with Crippen molar-refractivity contribution < 1.29 is 32.6 Å². The number of anilines is 1. The molecular weight excluding hydrogens is 357 g/mol. The van der Waals surface area contributed by atoms with Crippen LogP contribution in [0.5, 0.6) is 5.88 Å². The Labute approximate surface area is 145 Å². The fraction of sp³-hybridized carbons (Fsp3) is 0.333. The van der Waals surface area contributed by atoms with Crippen molar-refractivity contribution in [3.63, 3.8) is 0 Å². The maximum Gasteiger partial charge on any atom is 0.422 e. The first-order valence-corrected chi connectivity index (χ1v) is 7.25. The van der Waals surface area contributed by atoms with Crippen LogP contribution in [0.2, 0.25) is 0 Å². The zero-order valence-corrected chi connectivity index (χ0v) is 13.7. The molecule has 0 aliphatic rings. The fourth-order valence-corrected chi connectivity index (χ4v) is 1.82. The number of carboxylic acids is 1. The summed E-state index contributed by atoms with van der Waals surface area (Å²) in [5.41, 5.74) is -1.39. The van der Waals surface area contributed by atoms with Crippen LogP contribution in [0.3, 0.4) is 0 Å². The number of halogens is 3. The van der Waals surface area contributed by atoms with Gasteiger partial charge >= 0.3 is 12.1 Å². The number of carboxylic acid groups (broad SMARTS) is 1. The number of pyridine rings is 1. The van der Waals surface area contributed by atoms with Crippen LogP contribution in [0.1, 0.15) is 24.2 Å². The highest BCUT2D eigenvalue weighted by molar-refractivity contribution is 6.05. The number of alkyl halides is 3. The van der Waals surface area contributed by atoms with Gasteiger partial charge in [0.1, 0.15) is 5.56 Å². The summed E-state index contributed by atoms with van der Waals surface area (Å²) in [5, 5.41) is 15.4. The number of carbonyl (C=O) groups is 2. The predicted molar refractivity (Wildman–Crippen MR) is 82.9 cm³/mol. The van der Waals surface area contributed by atoms with Crippen molar-refractivity contribution in [2.24, 2.45) is 0 Å². The molecule has 0 aromatic carbocycles. The Morgan fingerprint density at radius 3 is 2.65 bits per heavy atom. The number of nitrogens with zero attached hydrogens (tertiary/aromatic N) is 3. The highest BCUT2D eigenvalue weighted by Gasteiger charge is 2.31. The Morgan fingerprint density at radius 2 is 2.04 bits per heavy atom. The first kappa shape index (κ1) is 19.2. The van der Waals surface area contributed by atoms with Gasteiger partial charge in [0.25, 0.3) is 5.91 Å². The minimum Gasteiger partial charge on any atom is -0.479 e. The van der Waals surface area contributed by atoms with Gasteiger partial charge in [0, 0.05) is 12.4 Å². The molecule has 2 aromatic heterocycles. The summed E-state index contributed by atoms with van der Waals surface area (Å²) in [4.78, 5) is 27.1. The Balaban J connectivity index is 2.16. The summed E-state index contributed by atoms with van der Waals surface area (Å²) in [6.45, 7) is 1.24. The molecule has 2 aromatic rings. The van der Waals surface area contributed by atoms with Gasteiger partial charge < -0.3 is 15.2 Å². The van der Waals surface area contributed by atoms with E-state index in [9.17, 15) is 22.8 Å². The molecule has 0 spiro atoms. The SMILES string of the molecule is CC(C)(C(=O)O)n1cc(NC(=O)c2cccnc2OCC(F)(F)F)cn1. The minimum absolute atomic E-state index is 0.162. The van der Waals surface area contributed by atoms with E-state index in [0.717, 1.165) is 4.68 Å². The van der Waals surface area contributed by atoms with Gasteiger partial charge in [0.2, 0.25) is 5.88 Å². The van der Waals surface area contributed by atoms with Crippen LogP contribution in [0, 0.1) is 0 Å². The third-order valence-corrected chi connectivity index (χ3v) is 3.32. The number of aliphatic carboxylic acids is 1. The Bertz CT molecular complexity index is 817. The van der Waals surface area contributed by atoms with Crippen LogP contribution in [-0.4, -0.2) is 44.5 Å². The highest BCUT2D eigenvalue weighted by Crippen LogP contribution is 2.22. The number of nitrogens with one attached hydrogen (secondary N) is 1. The smallest absolute Gasteiger partial charge is 0.422 e. The van der Waals surface area contributed by atoms with E-state index in [0.29, 0.717) is 0 Å². The Morgan fingerprint density at radius 1 is 1.35 bits per heavy atom. The molecule has 0 fully saturated rings. The number of hydrogen-bond acceptors (Lipinski definition) is 5. The lowest BCUT2D eigenvalue weighted by molar-refractivity contribution is -0.154. The van der Waals surface area contributed by atoms with Crippen LogP contribution in [-0.2, 0) is 10.3 Å². The van der Waals surface area contributed by atoms with E-state index < -0.39 is 36.1 Å². The van der Waals surface area contributed by atoms with Gasteiger partial charge in [-0.1, -0.05) is 0 Å². The molecular formula is C15H15F3N4O4. The lowest BCUT2D eigenvalue weighted by atomic mass is 10.1. The quantitative estimate of drug-likeness (QED) is 0.806. The van der Waals surface area contributed by atoms with Crippen molar-refractivity contribution in [2.45, 2.75) is 25.6 Å². The molecule has 0 bridgehead atoms. The lowest BCUT2D eigenvalue weighted by Crippen LogP contribution is -2.35. The lowest BCUT2D eigenvalue weighted by Gasteiger charge is -2.19. The second kappa shape index (κ2) is 7.02. The minimum atomic E-state index is -4.57. The van der Waals surface area contributed by atoms with Gasteiger partial charge in [-0.15, -0.1) is 0 Å². The van der Waals surface area contributed by atoms with E-state index in [-0.39, 0.29) is 11.3 Å². The van der Waals surface area contributed by atoms with Gasteiger partial charge in [-0.2, -0.15) is 18.3 Å². The third-order valence-electron chi connectivity index (χ3n) is 3.32. The van der Waals surface area contributed by atoms with Gasteiger partial charge in [0.05, 0.1) is 11.9 Å². The number of ether oxygens (including phenoxy) is 1. The molecule has 0 aliphatic heterocycles. The molecule has 0 saturated carbocycles. The Kier molecular flexibility index (Phi) is 5.19. The normalized spacial score (nSPS) is 11.9. The van der Waals surface area contributed by atoms with Gasteiger partial charge in [-0.25, -0.2) is 9.78 Å². The predicted octanol–water partition coefficient (Wildman–Crippen LogP) is 2.29. The van der Waals surface area contributed by atoms with Crippen molar-refractivity contribution in [3.05, 3.63) is 36.3 Å². The molecule has 2 N–H and O–H groups in total. The second-order valence-corrected chi connectivity index (χ2v) is 5.75. The van der Waals surface area contributed by atoms with Crippen LogP contribution >= 0.6 is 0 Å². The number of rotatable bonds is 6. The van der Waals surface area contributed by atoms with E-state index >= 15 is 0 Å². The molecule has 2 heterocycles. The molecule has 11 heteroatoms. The molecule has 26 heavy (non-hydrogen) atoms. The summed E-state index contributed by atoms with van der Waals surface area (Å²) in [7, 11) is 0. The van der Waals surface area contributed by atoms with Gasteiger partial charge in [0.15, 0.2) is 12.1 Å². The number of carbonyl (C=O) groups excluding carboxylic acids is 1. The first-order chi connectivity index (χ1) is 12.0. The van der Waals surface area contributed by atoms with Crippen LogP contribution < -0.4 is 10.1 Å². The summed E-state index contributed by atoms with van der Waals surface area (Å²) in [5.74, 6) is -2.38. The summed E-state index contributed by atoms with van der Waals surface area (Å²) < 4.78 is 42.6. The summed E-state index contributed by atoms with van der Waals surface area (Å²) in [6, 6.07) is 2.62. The molecule has 8 nitrogen and oxygen atoms in total. The molecule has 2 rings (SSSR count). The van der Waals surface area contributed by atoms with Crippen molar-refractivity contribution in [1.82, 2.24) is 14.8 Å². The van der Waals surface area contributed by atoms with Crippen molar-refractivity contribution >= 4 is 17.6 Å². The van der Waals surface area contributed by atoms with Gasteiger partial charge in [-0.3, -0.25) is 9.48 Å². The number of hydrogen-bond donors (Lipinski definition) is 2. The fourth-order valence-electron chi connectivity index (χ4n) is 1.82. The van der Waals surface area contributed by atoms with Crippen molar-refractivity contribution in [1.29, 1.82) is 0 Å². The average Bonchev–Trinajstić information content (AvgIpc) is 3.01. The largest absolute Gasteiger partial charge is 0.479 e. The van der Waals surface area contributed by atoms with Crippen LogP contribution in [0.15, 0.2) is 30.7 Å². The molecule has 0 aliphatic carbocycles. The summed E-state index contributed by atoms with van der Waals surface area (Å²) in [6.07, 6.45) is -0.876. The second-order valence-electron chi connectivity index (χ2n) is 5.75. The first-order valence-electron chi connectivity index (χ1n) is 7.25. The molecule has 0 atom stereocenters. The molecule has 1 amide bonds. The molecule has 0 unspecified atom stereocenters. The maximum absolute atomic E-state index is 12.3. The monoisotopic (exact) mass is 372 g/mol. The average molecular weight is 372 g/mol. The standard InChI is InChI=1S/C15H15F3N4O4/c1-14(2,13(24)25)22-7-9(6-20-22)21-11(23)10-4-3-5-19-12(10)26-8-15(16,17)18/h3-7H,8H2,1-2H3,(H,21,23)(H,24,25). The van der Waals surface area contributed by atoms with Crippen molar-refractivity contribution in [3.8, 4) is 5.88 Å². The van der Waals surface area contributed by atoms with E-state index in [1.54, 1.807) is 0 Å². The van der Waals surface area contributed by atoms with Gasteiger partial charge in [-0.05, 0) is 26.0 Å². The number of aromatic nitrogens is 3. The zero-order valence-electron chi connectivity index (χ0n) is 13.7. The maximum atomic E-state index is 12.3. The summed E-state index contributed by atoms with van der Waals surface area (Å²) >= 11 is 0. The molecule has 140 valence electrons. The molecule has 0 saturated heterocycles. The van der Waals surface area contributed by atoms with E-state index in [1.807, 2.05) is 0 Å². The van der Waals surface area contributed by atoms with E-state index in [4.69, 9.17) is 5.11 Å². The molecule has 0 radical (unpaired) electrons.